The second-order valence-electron chi connectivity index (χ2n) is 7.82. The predicted molar refractivity (Wildman–Crippen MR) is 129 cm³/mol. The summed E-state index contributed by atoms with van der Waals surface area (Å²) in [6, 6.07) is 14.2. The van der Waals surface area contributed by atoms with Gasteiger partial charge in [0.25, 0.3) is 5.56 Å². The summed E-state index contributed by atoms with van der Waals surface area (Å²) in [5.41, 5.74) is 3.94. The van der Waals surface area contributed by atoms with Crippen LogP contribution < -0.4 is 10.3 Å². The Bertz CT molecular complexity index is 1380. The maximum Gasteiger partial charge on any atom is 0.266 e. The van der Waals surface area contributed by atoms with E-state index in [-0.39, 0.29) is 11.3 Å². The van der Waals surface area contributed by atoms with Crippen LogP contribution in [0, 0.1) is 0 Å². The molecule has 7 heteroatoms. The number of fused-ring (bicyclic) bond motifs is 3. The number of aromatic nitrogens is 1. The summed E-state index contributed by atoms with van der Waals surface area (Å²) in [6.45, 7) is 0. The molecule has 0 radical (unpaired) electrons. The Morgan fingerprint density at radius 2 is 1.77 bits per heavy atom. The van der Waals surface area contributed by atoms with Gasteiger partial charge in [-0.2, -0.15) is 0 Å². The lowest BCUT2D eigenvalue weighted by molar-refractivity contribution is 0.417. The van der Waals surface area contributed by atoms with E-state index in [1.165, 1.54) is 23.2 Å². The Balaban J connectivity index is 1.64. The van der Waals surface area contributed by atoms with Crippen molar-refractivity contribution in [1.29, 1.82) is 0 Å². The molecule has 0 spiro atoms. The van der Waals surface area contributed by atoms with Crippen LogP contribution in [0.2, 0.25) is 0 Å². The maximum absolute atomic E-state index is 12.4. The standard InChI is InChI=1S/C24H25NO4S2/c1-29-20-12-11-19-22(18-13-14-30-23(18)24(26)25-19)21(20)17-9-7-16(8-10-17)6-4-3-5-15-31(2,27)28/h7-14H,3-6,15H2,1-2H3,(H,25,26). The van der Waals surface area contributed by atoms with E-state index in [4.69, 9.17) is 4.74 Å². The van der Waals surface area contributed by atoms with Gasteiger partial charge in [0.05, 0.1) is 7.11 Å². The van der Waals surface area contributed by atoms with E-state index in [9.17, 15) is 13.2 Å². The highest BCUT2D eigenvalue weighted by atomic mass is 32.2. The van der Waals surface area contributed by atoms with Gasteiger partial charge in [0.1, 0.15) is 20.3 Å². The highest BCUT2D eigenvalue weighted by molar-refractivity contribution is 7.90. The molecule has 0 saturated heterocycles. The Kier molecular flexibility index (Phi) is 6.16. The average molecular weight is 456 g/mol. The van der Waals surface area contributed by atoms with E-state index in [0.29, 0.717) is 11.1 Å². The number of ether oxygens (including phenoxy) is 1. The molecule has 2 heterocycles. The van der Waals surface area contributed by atoms with Gasteiger partial charge in [-0.05, 0) is 54.0 Å². The lowest BCUT2D eigenvalue weighted by Gasteiger charge is -2.14. The molecule has 4 rings (SSSR count). The highest BCUT2D eigenvalue weighted by Crippen LogP contribution is 2.40. The first-order chi connectivity index (χ1) is 14.9. The van der Waals surface area contributed by atoms with Crippen molar-refractivity contribution in [2.24, 2.45) is 0 Å². The largest absolute Gasteiger partial charge is 0.496 e. The van der Waals surface area contributed by atoms with Crippen LogP contribution in [0.15, 0.2) is 52.6 Å². The molecule has 31 heavy (non-hydrogen) atoms. The lowest BCUT2D eigenvalue weighted by Crippen LogP contribution is -2.05. The molecule has 0 atom stereocenters. The van der Waals surface area contributed by atoms with Crippen LogP contribution in [0.3, 0.4) is 0 Å². The van der Waals surface area contributed by atoms with Gasteiger partial charge < -0.3 is 9.72 Å². The van der Waals surface area contributed by atoms with E-state index in [1.54, 1.807) is 7.11 Å². The van der Waals surface area contributed by atoms with Gasteiger partial charge in [-0.3, -0.25) is 4.79 Å². The second kappa shape index (κ2) is 8.85. The van der Waals surface area contributed by atoms with Crippen LogP contribution in [0.1, 0.15) is 24.8 Å². The molecule has 0 aliphatic rings. The van der Waals surface area contributed by atoms with Crippen LogP contribution in [-0.2, 0) is 16.3 Å². The molecule has 2 aromatic carbocycles. The number of benzene rings is 2. The zero-order valence-electron chi connectivity index (χ0n) is 17.6. The molecule has 0 unspecified atom stereocenters. The van der Waals surface area contributed by atoms with Gasteiger partial charge in [-0.1, -0.05) is 30.7 Å². The summed E-state index contributed by atoms with van der Waals surface area (Å²) in [5.74, 6) is 1.02. The molecule has 4 aromatic rings. The van der Waals surface area contributed by atoms with Crippen molar-refractivity contribution in [2.75, 3.05) is 19.1 Å². The van der Waals surface area contributed by atoms with E-state index in [0.717, 1.165) is 52.4 Å². The number of aromatic amines is 1. The van der Waals surface area contributed by atoms with Crippen molar-refractivity contribution in [3.63, 3.8) is 0 Å². The molecule has 2 aromatic heterocycles. The molecular weight excluding hydrogens is 430 g/mol. The number of H-pyrrole nitrogens is 1. The Hall–Kier alpha value is -2.64. The molecule has 0 bridgehead atoms. The van der Waals surface area contributed by atoms with Crippen LogP contribution in [0.4, 0.5) is 0 Å². The summed E-state index contributed by atoms with van der Waals surface area (Å²) in [7, 11) is -1.22. The normalized spacial score (nSPS) is 11.9. The monoisotopic (exact) mass is 455 g/mol. The number of nitrogens with one attached hydrogen (secondary N) is 1. The van der Waals surface area contributed by atoms with Crippen LogP contribution in [-0.4, -0.2) is 32.5 Å². The highest BCUT2D eigenvalue weighted by Gasteiger charge is 2.16. The summed E-state index contributed by atoms with van der Waals surface area (Å²) >= 11 is 1.44. The summed E-state index contributed by atoms with van der Waals surface area (Å²) in [4.78, 5) is 15.4. The first-order valence-electron chi connectivity index (χ1n) is 10.2. The minimum atomic E-state index is -2.88. The smallest absolute Gasteiger partial charge is 0.266 e. The summed E-state index contributed by atoms with van der Waals surface area (Å²) in [5, 5.41) is 3.87. The fourth-order valence-corrected chi connectivity index (χ4v) is 5.52. The Labute approximate surface area is 185 Å². The van der Waals surface area contributed by atoms with Crippen molar-refractivity contribution in [3.05, 3.63) is 63.8 Å². The molecule has 0 saturated carbocycles. The van der Waals surface area contributed by atoms with Gasteiger partial charge in [0.15, 0.2) is 0 Å². The number of methoxy groups -OCH3 is 1. The number of aryl methyl sites for hydroxylation is 1. The molecule has 1 N–H and O–H groups in total. The molecule has 162 valence electrons. The third-order valence-corrected chi connectivity index (χ3v) is 7.44. The van der Waals surface area contributed by atoms with Crippen LogP contribution in [0.5, 0.6) is 5.75 Å². The Morgan fingerprint density at radius 3 is 2.48 bits per heavy atom. The van der Waals surface area contributed by atoms with Crippen LogP contribution >= 0.6 is 11.3 Å². The van der Waals surface area contributed by atoms with Crippen molar-refractivity contribution in [3.8, 4) is 16.9 Å². The fourth-order valence-electron chi connectivity index (χ4n) is 3.99. The van der Waals surface area contributed by atoms with Gasteiger partial charge in [-0.25, -0.2) is 8.42 Å². The predicted octanol–water partition coefficient (Wildman–Crippen LogP) is 5.18. The number of hydrogen-bond donors (Lipinski definition) is 1. The number of unbranched alkanes of at least 4 members (excludes halogenated alkanes) is 2. The van der Waals surface area contributed by atoms with Crippen molar-refractivity contribution < 1.29 is 13.2 Å². The molecule has 0 amide bonds. The number of hydrogen-bond acceptors (Lipinski definition) is 5. The van der Waals surface area contributed by atoms with Gasteiger partial charge >= 0.3 is 0 Å². The number of pyridine rings is 1. The molecular formula is C24H25NO4S2. The lowest BCUT2D eigenvalue weighted by atomic mass is 9.96. The molecule has 5 nitrogen and oxygen atoms in total. The fraction of sp³-hybridized carbons (Fsp3) is 0.292. The van der Waals surface area contributed by atoms with Gasteiger partial charge in [0, 0.05) is 33.9 Å². The quantitative estimate of drug-likeness (QED) is 0.372. The maximum atomic E-state index is 12.4. The number of sulfone groups is 1. The van der Waals surface area contributed by atoms with Crippen molar-refractivity contribution >= 4 is 42.2 Å². The van der Waals surface area contributed by atoms with Crippen LogP contribution in [0.25, 0.3) is 32.1 Å². The average Bonchev–Trinajstić information content (AvgIpc) is 3.23. The second-order valence-corrected chi connectivity index (χ2v) is 11.0. The summed E-state index contributed by atoms with van der Waals surface area (Å²) in [6.07, 6.45) is 4.77. The Morgan fingerprint density at radius 1 is 1.00 bits per heavy atom. The third kappa shape index (κ3) is 4.67. The third-order valence-electron chi connectivity index (χ3n) is 5.50. The van der Waals surface area contributed by atoms with E-state index in [1.807, 2.05) is 23.6 Å². The molecule has 0 aliphatic carbocycles. The number of rotatable bonds is 8. The first-order valence-corrected chi connectivity index (χ1v) is 13.2. The number of thiophene rings is 1. The van der Waals surface area contributed by atoms with Crippen molar-refractivity contribution in [1.82, 2.24) is 4.98 Å². The van der Waals surface area contributed by atoms with E-state index in [2.05, 4.69) is 29.2 Å². The zero-order valence-corrected chi connectivity index (χ0v) is 19.2. The van der Waals surface area contributed by atoms with E-state index < -0.39 is 9.84 Å². The molecule has 0 fully saturated rings. The minimum absolute atomic E-state index is 0.0696. The first kappa shape index (κ1) is 21.6. The SMILES string of the molecule is COc1ccc2[nH]c(=O)c3sccc3c2c1-c1ccc(CCCCCS(C)(=O)=O)cc1. The minimum Gasteiger partial charge on any atom is -0.496 e. The van der Waals surface area contributed by atoms with Crippen molar-refractivity contribution in [2.45, 2.75) is 25.7 Å². The van der Waals surface area contributed by atoms with E-state index >= 15 is 0 Å². The van der Waals surface area contributed by atoms with Gasteiger partial charge in [-0.15, -0.1) is 11.3 Å². The van der Waals surface area contributed by atoms with Gasteiger partial charge in [0.2, 0.25) is 0 Å². The molecule has 0 aliphatic heterocycles. The summed E-state index contributed by atoms with van der Waals surface area (Å²) < 4.78 is 28.9. The topological polar surface area (TPSA) is 76.2 Å². The zero-order chi connectivity index (χ0) is 22.0.